The number of hydrogen-bond donors (Lipinski definition) is 0. The van der Waals surface area contributed by atoms with E-state index in [9.17, 15) is 9.59 Å². The summed E-state index contributed by atoms with van der Waals surface area (Å²) < 4.78 is 8.66. The number of para-hydroxylation sites is 1. The first-order valence-electron chi connectivity index (χ1n) is 11.0. The van der Waals surface area contributed by atoms with Crippen molar-refractivity contribution >= 4 is 34.3 Å². The van der Waals surface area contributed by atoms with Crippen molar-refractivity contribution in [3.05, 3.63) is 58.9 Å². The number of likely N-dealkylation sites (tertiary alicyclic amines) is 1. The molecule has 0 N–H and O–H groups in total. The molecule has 1 unspecified atom stereocenters. The number of carbonyl (C=O) groups excluding carboxylic acids is 1. The summed E-state index contributed by atoms with van der Waals surface area (Å²) in [4.78, 5) is 28.2. The number of aromatic nitrogens is 4. The summed E-state index contributed by atoms with van der Waals surface area (Å²) in [5, 5.41) is 9.86. The van der Waals surface area contributed by atoms with Crippen LogP contribution in [0.3, 0.4) is 0 Å². The van der Waals surface area contributed by atoms with Crippen LogP contribution in [0.5, 0.6) is 5.75 Å². The van der Waals surface area contributed by atoms with Crippen molar-refractivity contribution in [2.24, 2.45) is 0 Å². The van der Waals surface area contributed by atoms with Crippen LogP contribution in [0.15, 0.2) is 58.5 Å². The molecule has 0 saturated carbocycles. The third-order valence-electron chi connectivity index (χ3n) is 6.17. The standard InChI is InChI=1S/C24H25N5O3S/c1-16-7-5-6-14-27(16)21(30)15-33-24-26-25-23-28(17-10-12-18(32-2)13-11-17)22(31)19-8-3-4-9-20(19)29(23)24/h3-4,8-13,16H,5-7,14-15H2,1-2H3. The van der Waals surface area contributed by atoms with Crippen molar-refractivity contribution in [1.82, 2.24) is 24.1 Å². The maximum Gasteiger partial charge on any atom is 0.267 e. The van der Waals surface area contributed by atoms with Gasteiger partial charge in [0, 0.05) is 12.6 Å². The quantitative estimate of drug-likeness (QED) is 0.421. The van der Waals surface area contributed by atoms with Crippen molar-refractivity contribution in [1.29, 1.82) is 0 Å². The Morgan fingerprint density at radius 1 is 1.12 bits per heavy atom. The van der Waals surface area contributed by atoms with Crippen LogP contribution in [0.4, 0.5) is 0 Å². The highest BCUT2D eigenvalue weighted by Gasteiger charge is 2.24. The highest BCUT2D eigenvalue weighted by atomic mass is 32.2. The van der Waals surface area contributed by atoms with Crippen molar-refractivity contribution in [3.8, 4) is 11.4 Å². The second-order valence-corrected chi connectivity index (χ2v) is 9.14. The lowest BCUT2D eigenvalue weighted by atomic mass is 10.0. The van der Waals surface area contributed by atoms with Gasteiger partial charge in [-0.1, -0.05) is 23.9 Å². The number of thioether (sulfide) groups is 1. The van der Waals surface area contributed by atoms with Crippen molar-refractivity contribution < 1.29 is 9.53 Å². The molecule has 2 aromatic heterocycles. The SMILES string of the molecule is COc1ccc(-n2c(=O)c3ccccc3n3c(SCC(=O)N4CCCCC4C)nnc23)cc1. The molecule has 1 saturated heterocycles. The molecule has 9 heteroatoms. The van der Waals surface area contributed by atoms with E-state index in [0.29, 0.717) is 33.3 Å². The van der Waals surface area contributed by atoms with E-state index in [-0.39, 0.29) is 23.3 Å². The Bertz CT molecular complexity index is 1380. The molecule has 1 amide bonds. The van der Waals surface area contributed by atoms with Gasteiger partial charge in [0.1, 0.15) is 5.75 Å². The molecular formula is C24H25N5O3S. The second-order valence-electron chi connectivity index (χ2n) is 8.19. The molecule has 4 aromatic rings. The van der Waals surface area contributed by atoms with Crippen LogP contribution in [0.25, 0.3) is 22.4 Å². The Kier molecular flexibility index (Phi) is 5.80. The number of hydrogen-bond acceptors (Lipinski definition) is 6. The van der Waals surface area contributed by atoms with E-state index in [1.165, 1.54) is 18.2 Å². The van der Waals surface area contributed by atoms with Crippen LogP contribution >= 0.6 is 11.8 Å². The van der Waals surface area contributed by atoms with Gasteiger partial charge in [-0.3, -0.25) is 14.0 Å². The summed E-state index contributed by atoms with van der Waals surface area (Å²) in [6.07, 6.45) is 3.26. The molecule has 1 aliphatic heterocycles. The average Bonchev–Trinajstić information content (AvgIpc) is 3.27. The Labute approximate surface area is 195 Å². The minimum atomic E-state index is -0.176. The molecule has 0 bridgehead atoms. The fourth-order valence-corrected chi connectivity index (χ4v) is 5.24. The van der Waals surface area contributed by atoms with Gasteiger partial charge in [0.15, 0.2) is 5.16 Å². The first kappa shape index (κ1) is 21.5. The lowest BCUT2D eigenvalue weighted by molar-refractivity contribution is -0.131. The van der Waals surface area contributed by atoms with Crippen LogP contribution in [0.2, 0.25) is 0 Å². The summed E-state index contributed by atoms with van der Waals surface area (Å²) in [6.45, 7) is 2.91. The predicted octanol–water partition coefficient (Wildman–Crippen LogP) is 3.54. The fourth-order valence-electron chi connectivity index (χ4n) is 4.41. The minimum absolute atomic E-state index is 0.108. The molecule has 170 valence electrons. The Balaban J connectivity index is 1.58. The number of methoxy groups -OCH3 is 1. The summed E-state index contributed by atoms with van der Waals surface area (Å²) in [7, 11) is 1.60. The number of nitrogens with zero attached hydrogens (tertiary/aromatic N) is 5. The zero-order valence-corrected chi connectivity index (χ0v) is 19.4. The molecule has 1 aliphatic rings. The maximum absolute atomic E-state index is 13.4. The van der Waals surface area contributed by atoms with E-state index in [4.69, 9.17) is 4.74 Å². The van der Waals surface area contributed by atoms with Crippen molar-refractivity contribution in [2.75, 3.05) is 19.4 Å². The lowest BCUT2D eigenvalue weighted by Gasteiger charge is -2.33. The number of rotatable bonds is 5. The van der Waals surface area contributed by atoms with Gasteiger partial charge in [0.25, 0.3) is 5.56 Å². The molecule has 0 radical (unpaired) electrons. The smallest absolute Gasteiger partial charge is 0.267 e. The van der Waals surface area contributed by atoms with Gasteiger partial charge < -0.3 is 9.64 Å². The van der Waals surface area contributed by atoms with E-state index in [1.54, 1.807) is 29.9 Å². The van der Waals surface area contributed by atoms with Crippen molar-refractivity contribution in [2.45, 2.75) is 37.4 Å². The largest absolute Gasteiger partial charge is 0.497 e. The summed E-state index contributed by atoms with van der Waals surface area (Å²) in [6, 6.07) is 14.9. The monoisotopic (exact) mass is 463 g/mol. The van der Waals surface area contributed by atoms with Gasteiger partial charge in [-0.2, -0.15) is 0 Å². The van der Waals surface area contributed by atoms with Gasteiger partial charge >= 0.3 is 0 Å². The van der Waals surface area contributed by atoms with Crippen LogP contribution in [-0.4, -0.2) is 55.4 Å². The van der Waals surface area contributed by atoms with Gasteiger partial charge in [-0.05, 0) is 62.6 Å². The fraction of sp³-hybridized carbons (Fsp3) is 0.333. The summed E-state index contributed by atoms with van der Waals surface area (Å²) in [5.74, 6) is 1.50. The minimum Gasteiger partial charge on any atom is -0.497 e. The molecular weight excluding hydrogens is 438 g/mol. The van der Waals surface area contributed by atoms with E-state index >= 15 is 0 Å². The third-order valence-corrected chi connectivity index (χ3v) is 7.09. The number of fused-ring (bicyclic) bond motifs is 3. The average molecular weight is 464 g/mol. The zero-order valence-electron chi connectivity index (χ0n) is 18.6. The Morgan fingerprint density at radius 2 is 1.91 bits per heavy atom. The van der Waals surface area contributed by atoms with Crippen LogP contribution < -0.4 is 10.3 Å². The van der Waals surface area contributed by atoms with Crippen LogP contribution in [0, 0.1) is 0 Å². The molecule has 0 aliphatic carbocycles. The Hall–Kier alpha value is -3.33. The Morgan fingerprint density at radius 3 is 2.67 bits per heavy atom. The van der Waals surface area contributed by atoms with Crippen LogP contribution in [0.1, 0.15) is 26.2 Å². The number of carbonyl (C=O) groups is 1. The number of benzene rings is 2. The van der Waals surface area contributed by atoms with Gasteiger partial charge in [-0.15, -0.1) is 10.2 Å². The van der Waals surface area contributed by atoms with Gasteiger partial charge in [-0.25, -0.2) is 4.57 Å². The second kappa shape index (κ2) is 8.90. The van der Waals surface area contributed by atoms with E-state index in [1.807, 2.05) is 39.6 Å². The zero-order chi connectivity index (χ0) is 22.9. The number of amides is 1. The van der Waals surface area contributed by atoms with Crippen molar-refractivity contribution in [3.63, 3.8) is 0 Å². The predicted molar refractivity (Wildman–Crippen MR) is 128 cm³/mol. The van der Waals surface area contributed by atoms with E-state index in [2.05, 4.69) is 17.1 Å². The van der Waals surface area contributed by atoms with Gasteiger partial charge in [0.2, 0.25) is 11.7 Å². The molecule has 33 heavy (non-hydrogen) atoms. The van der Waals surface area contributed by atoms with Gasteiger partial charge in [0.05, 0.1) is 29.5 Å². The van der Waals surface area contributed by atoms with E-state index in [0.717, 1.165) is 19.4 Å². The normalized spacial score (nSPS) is 16.4. The molecule has 1 fully saturated rings. The highest BCUT2D eigenvalue weighted by molar-refractivity contribution is 7.99. The summed E-state index contributed by atoms with van der Waals surface area (Å²) >= 11 is 1.35. The maximum atomic E-state index is 13.4. The molecule has 1 atom stereocenters. The number of ether oxygens (including phenoxy) is 1. The molecule has 0 spiro atoms. The first-order chi connectivity index (χ1) is 16.1. The first-order valence-corrected chi connectivity index (χ1v) is 12.0. The highest BCUT2D eigenvalue weighted by Crippen LogP contribution is 2.25. The van der Waals surface area contributed by atoms with E-state index < -0.39 is 0 Å². The molecule has 3 heterocycles. The number of piperidine rings is 1. The third kappa shape index (κ3) is 3.86. The molecule has 8 nitrogen and oxygen atoms in total. The topological polar surface area (TPSA) is 81.7 Å². The molecule has 2 aromatic carbocycles. The van der Waals surface area contributed by atoms with Crippen LogP contribution in [-0.2, 0) is 4.79 Å². The summed E-state index contributed by atoms with van der Waals surface area (Å²) in [5.41, 5.74) is 1.21. The lowest BCUT2D eigenvalue weighted by Crippen LogP contribution is -2.42. The molecule has 5 rings (SSSR count).